The molecular weight excluding hydrogens is 236 g/mol. The van der Waals surface area contributed by atoms with Gasteiger partial charge in [0.15, 0.2) is 0 Å². The molecular formula is C16H26N2O. The summed E-state index contributed by atoms with van der Waals surface area (Å²) >= 11 is 0. The Morgan fingerprint density at radius 1 is 1.37 bits per heavy atom. The number of nitrogens with zero attached hydrogens (tertiary/aromatic N) is 1. The molecule has 3 heteroatoms. The predicted octanol–water partition coefficient (Wildman–Crippen LogP) is 3.35. The van der Waals surface area contributed by atoms with E-state index in [1.165, 1.54) is 24.1 Å². The van der Waals surface area contributed by atoms with Crippen molar-refractivity contribution < 1.29 is 4.74 Å². The van der Waals surface area contributed by atoms with Gasteiger partial charge in [-0.15, -0.1) is 0 Å². The molecule has 0 amide bonds. The SMILES string of the molecule is CCNC(C)c1c(OC)cccc1N(CC)C1CC1. The number of ether oxygens (including phenoxy) is 1. The predicted molar refractivity (Wildman–Crippen MR) is 81.1 cm³/mol. The van der Waals surface area contributed by atoms with Crippen molar-refractivity contribution >= 4 is 5.69 Å². The highest BCUT2D eigenvalue weighted by Crippen LogP contribution is 2.39. The van der Waals surface area contributed by atoms with Gasteiger partial charge in [0.25, 0.3) is 0 Å². The number of nitrogens with one attached hydrogen (secondary N) is 1. The molecule has 1 aliphatic rings. The van der Waals surface area contributed by atoms with E-state index in [1.54, 1.807) is 7.11 Å². The van der Waals surface area contributed by atoms with Crippen LogP contribution in [0, 0.1) is 0 Å². The third-order valence-corrected chi connectivity index (χ3v) is 3.84. The maximum Gasteiger partial charge on any atom is 0.125 e. The lowest BCUT2D eigenvalue weighted by Crippen LogP contribution is -2.28. The van der Waals surface area contributed by atoms with Gasteiger partial charge in [-0.1, -0.05) is 13.0 Å². The molecule has 19 heavy (non-hydrogen) atoms. The first-order valence-corrected chi connectivity index (χ1v) is 7.39. The van der Waals surface area contributed by atoms with Gasteiger partial charge in [0.2, 0.25) is 0 Å². The molecule has 0 aliphatic heterocycles. The summed E-state index contributed by atoms with van der Waals surface area (Å²) in [4.78, 5) is 2.52. The molecule has 0 heterocycles. The zero-order chi connectivity index (χ0) is 13.8. The van der Waals surface area contributed by atoms with Crippen molar-refractivity contribution in [1.82, 2.24) is 5.32 Å². The second-order valence-corrected chi connectivity index (χ2v) is 5.19. The molecule has 1 fully saturated rings. The Hall–Kier alpha value is -1.22. The second-order valence-electron chi connectivity index (χ2n) is 5.19. The Balaban J connectivity index is 2.40. The Bertz CT molecular complexity index is 415. The highest BCUT2D eigenvalue weighted by Gasteiger charge is 2.30. The van der Waals surface area contributed by atoms with Gasteiger partial charge in [0, 0.05) is 29.9 Å². The summed E-state index contributed by atoms with van der Waals surface area (Å²) in [5.41, 5.74) is 2.62. The van der Waals surface area contributed by atoms with Crippen molar-refractivity contribution in [3.05, 3.63) is 23.8 Å². The molecule has 1 aromatic carbocycles. The van der Waals surface area contributed by atoms with Gasteiger partial charge >= 0.3 is 0 Å². The first-order chi connectivity index (χ1) is 9.22. The molecule has 1 aliphatic carbocycles. The molecule has 0 aromatic heterocycles. The van der Waals surface area contributed by atoms with E-state index in [0.29, 0.717) is 6.04 Å². The Kier molecular flexibility index (Phi) is 4.70. The summed E-state index contributed by atoms with van der Waals surface area (Å²) in [6, 6.07) is 7.43. The van der Waals surface area contributed by atoms with Crippen LogP contribution < -0.4 is 15.0 Å². The molecule has 1 unspecified atom stereocenters. The lowest BCUT2D eigenvalue weighted by atomic mass is 10.0. The van der Waals surface area contributed by atoms with Gasteiger partial charge in [0.1, 0.15) is 5.75 Å². The average Bonchev–Trinajstić information content (AvgIpc) is 3.24. The smallest absolute Gasteiger partial charge is 0.125 e. The van der Waals surface area contributed by atoms with E-state index in [2.05, 4.69) is 49.2 Å². The average molecular weight is 262 g/mol. The molecule has 1 N–H and O–H groups in total. The Labute approximate surface area is 116 Å². The first kappa shape index (κ1) is 14.2. The first-order valence-electron chi connectivity index (χ1n) is 7.39. The van der Waals surface area contributed by atoms with Crippen LogP contribution in [0.5, 0.6) is 5.75 Å². The van der Waals surface area contributed by atoms with Crippen molar-refractivity contribution in [3.8, 4) is 5.75 Å². The zero-order valence-corrected chi connectivity index (χ0v) is 12.6. The summed E-state index contributed by atoms with van der Waals surface area (Å²) in [6.45, 7) is 8.62. The van der Waals surface area contributed by atoms with Crippen LogP contribution >= 0.6 is 0 Å². The standard InChI is InChI=1S/C16H26N2O/c1-5-17-12(3)16-14(8-7-9-15(16)19-4)18(6-2)13-10-11-13/h7-9,12-13,17H,5-6,10-11H2,1-4H3. The van der Waals surface area contributed by atoms with Crippen LogP contribution in [-0.4, -0.2) is 26.2 Å². The molecule has 0 bridgehead atoms. The van der Waals surface area contributed by atoms with E-state index >= 15 is 0 Å². The fourth-order valence-electron chi connectivity index (χ4n) is 2.82. The molecule has 1 saturated carbocycles. The van der Waals surface area contributed by atoms with Crippen LogP contribution in [0.15, 0.2) is 18.2 Å². The number of methoxy groups -OCH3 is 1. The number of anilines is 1. The van der Waals surface area contributed by atoms with E-state index in [1.807, 2.05) is 0 Å². The molecule has 0 saturated heterocycles. The summed E-state index contributed by atoms with van der Waals surface area (Å²) < 4.78 is 5.58. The minimum atomic E-state index is 0.309. The lowest BCUT2D eigenvalue weighted by Gasteiger charge is -2.29. The van der Waals surface area contributed by atoms with Crippen molar-refractivity contribution in [3.63, 3.8) is 0 Å². The molecule has 2 rings (SSSR count). The third-order valence-electron chi connectivity index (χ3n) is 3.84. The maximum absolute atomic E-state index is 5.58. The van der Waals surface area contributed by atoms with Crippen LogP contribution in [0.2, 0.25) is 0 Å². The van der Waals surface area contributed by atoms with E-state index in [0.717, 1.165) is 24.9 Å². The Morgan fingerprint density at radius 2 is 2.11 bits per heavy atom. The van der Waals surface area contributed by atoms with Crippen LogP contribution in [0.4, 0.5) is 5.69 Å². The number of hydrogen-bond acceptors (Lipinski definition) is 3. The van der Waals surface area contributed by atoms with E-state index in [4.69, 9.17) is 4.74 Å². The largest absolute Gasteiger partial charge is 0.496 e. The van der Waals surface area contributed by atoms with E-state index < -0.39 is 0 Å². The lowest BCUT2D eigenvalue weighted by molar-refractivity contribution is 0.402. The van der Waals surface area contributed by atoms with Crippen LogP contribution in [0.1, 0.15) is 45.2 Å². The van der Waals surface area contributed by atoms with Crippen LogP contribution in [0.3, 0.4) is 0 Å². The topological polar surface area (TPSA) is 24.5 Å². The fraction of sp³-hybridized carbons (Fsp3) is 0.625. The van der Waals surface area contributed by atoms with Gasteiger partial charge in [-0.2, -0.15) is 0 Å². The second kappa shape index (κ2) is 6.29. The molecule has 0 radical (unpaired) electrons. The zero-order valence-electron chi connectivity index (χ0n) is 12.6. The van der Waals surface area contributed by atoms with Gasteiger partial charge < -0.3 is 15.0 Å². The quantitative estimate of drug-likeness (QED) is 0.815. The molecule has 0 spiro atoms. The molecule has 1 atom stereocenters. The maximum atomic E-state index is 5.58. The van der Waals surface area contributed by atoms with Gasteiger partial charge in [-0.25, -0.2) is 0 Å². The van der Waals surface area contributed by atoms with E-state index in [9.17, 15) is 0 Å². The van der Waals surface area contributed by atoms with Gasteiger partial charge in [-0.3, -0.25) is 0 Å². The monoisotopic (exact) mass is 262 g/mol. The highest BCUT2D eigenvalue weighted by molar-refractivity contribution is 5.62. The van der Waals surface area contributed by atoms with Crippen molar-refractivity contribution in [2.75, 3.05) is 25.1 Å². The number of benzene rings is 1. The fourth-order valence-corrected chi connectivity index (χ4v) is 2.82. The normalized spacial score (nSPS) is 16.2. The summed E-state index contributed by atoms with van der Waals surface area (Å²) in [5, 5.41) is 3.51. The van der Waals surface area contributed by atoms with Crippen molar-refractivity contribution in [1.29, 1.82) is 0 Å². The summed E-state index contributed by atoms with van der Waals surface area (Å²) in [6.07, 6.45) is 2.64. The minimum Gasteiger partial charge on any atom is -0.496 e. The van der Waals surface area contributed by atoms with Crippen molar-refractivity contribution in [2.45, 2.75) is 45.7 Å². The molecule has 3 nitrogen and oxygen atoms in total. The Morgan fingerprint density at radius 3 is 2.63 bits per heavy atom. The van der Waals surface area contributed by atoms with Crippen LogP contribution in [0.25, 0.3) is 0 Å². The summed E-state index contributed by atoms with van der Waals surface area (Å²) in [5.74, 6) is 0.991. The third kappa shape index (κ3) is 3.03. The summed E-state index contributed by atoms with van der Waals surface area (Å²) in [7, 11) is 1.76. The van der Waals surface area contributed by atoms with Crippen LogP contribution in [-0.2, 0) is 0 Å². The molecule has 106 valence electrons. The molecule has 1 aromatic rings. The van der Waals surface area contributed by atoms with Crippen molar-refractivity contribution in [2.24, 2.45) is 0 Å². The number of hydrogen-bond donors (Lipinski definition) is 1. The number of rotatable bonds is 7. The minimum absolute atomic E-state index is 0.309. The van der Waals surface area contributed by atoms with Gasteiger partial charge in [0.05, 0.1) is 7.11 Å². The van der Waals surface area contributed by atoms with Gasteiger partial charge in [-0.05, 0) is 45.4 Å². The highest BCUT2D eigenvalue weighted by atomic mass is 16.5. The van der Waals surface area contributed by atoms with E-state index in [-0.39, 0.29) is 0 Å².